The molecule has 336 valence electrons. The highest BCUT2D eigenvalue weighted by atomic mass is 32.2. The smallest absolute Gasteiger partial charge is 0.408 e. The number of aryl methyl sites for hydroxylation is 1. The Bertz CT molecular complexity index is 2330. The number of hydrogen-bond acceptors (Lipinski definition) is 11. The highest BCUT2D eigenvalue weighted by Gasteiger charge is 2.65. The molecular formula is C44H56F2N6O9S. The molecule has 0 spiro atoms. The molecule has 6 aliphatic rings. The minimum Gasteiger partial charge on any atom is -0.497 e. The van der Waals surface area contributed by atoms with Gasteiger partial charge in [0.25, 0.3) is 5.91 Å². The van der Waals surface area contributed by atoms with Crippen LogP contribution in [0.3, 0.4) is 0 Å². The van der Waals surface area contributed by atoms with Crippen molar-refractivity contribution in [2.45, 2.75) is 140 Å². The van der Waals surface area contributed by atoms with Crippen LogP contribution in [0.15, 0.2) is 18.2 Å². The fraction of sp³-hybridized carbons (Fsp3) is 0.682. The number of alkyl halides is 2. The van der Waals surface area contributed by atoms with Crippen molar-refractivity contribution in [2.24, 2.45) is 35.0 Å². The Labute approximate surface area is 360 Å². The number of rotatable bonds is 8. The van der Waals surface area contributed by atoms with Gasteiger partial charge in [-0.2, -0.15) is 0 Å². The maximum atomic E-state index is 15.0. The molecular weight excluding hydrogens is 827 g/mol. The largest absolute Gasteiger partial charge is 0.497 e. The number of carbonyl (C=O) groups is 4. The molecule has 3 N–H and O–H groups in total. The first-order valence-corrected chi connectivity index (χ1v) is 23.2. The van der Waals surface area contributed by atoms with Crippen LogP contribution in [0.4, 0.5) is 13.6 Å². The van der Waals surface area contributed by atoms with Gasteiger partial charge in [0.05, 0.1) is 29.4 Å². The van der Waals surface area contributed by atoms with E-state index in [1.807, 2.05) is 6.07 Å². The Kier molecular flexibility index (Phi) is 11.4. The van der Waals surface area contributed by atoms with Gasteiger partial charge in [0, 0.05) is 36.2 Å². The van der Waals surface area contributed by atoms with Crippen molar-refractivity contribution in [3.63, 3.8) is 0 Å². The monoisotopic (exact) mass is 882 g/mol. The molecule has 3 heterocycles. The summed E-state index contributed by atoms with van der Waals surface area (Å²) in [4.78, 5) is 68.6. The Morgan fingerprint density at radius 3 is 2.50 bits per heavy atom. The first-order chi connectivity index (χ1) is 29.2. The number of benzene rings is 1. The van der Waals surface area contributed by atoms with Crippen molar-refractivity contribution >= 4 is 44.9 Å². The second-order valence-electron chi connectivity index (χ2n) is 19.5. The molecule has 4 aliphatic carbocycles. The molecule has 10 atom stereocenters. The van der Waals surface area contributed by atoms with Crippen molar-refractivity contribution in [2.75, 3.05) is 13.7 Å². The molecule has 0 unspecified atom stereocenters. The van der Waals surface area contributed by atoms with Crippen molar-refractivity contribution in [3.8, 4) is 23.5 Å². The van der Waals surface area contributed by atoms with Crippen LogP contribution in [-0.2, 0) is 35.6 Å². The van der Waals surface area contributed by atoms with E-state index in [-0.39, 0.29) is 36.6 Å². The third kappa shape index (κ3) is 8.25. The molecule has 1 aromatic heterocycles. The van der Waals surface area contributed by atoms with Gasteiger partial charge in [-0.15, -0.1) is 0 Å². The maximum Gasteiger partial charge on any atom is 0.408 e. The number of sulfonamides is 1. The van der Waals surface area contributed by atoms with Gasteiger partial charge < -0.3 is 29.7 Å². The number of carbonyl (C=O) groups excluding carboxylic acids is 4. The molecule has 3 saturated carbocycles. The predicted molar refractivity (Wildman–Crippen MR) is 221 cm³/mol. The topological polar surface area (TPSA) is 195 Å². The van der Waals surface area contributed by atoms with Gasteiger partial charge in [0.1, 0.15) is 41.3 Å². The number of methoxy groups -OCH3 is 1. The van der Waals surface area contributed by atoms with Gasteiger partial charge in [-0.1, -0.05) is 52.4 Å². The van der Waals surface area contributed by atoms with Crippen LogP contribution in [0, 0.1) is 46.8 Å². The zero-order chi connectivity index (χ0) is 44.5. The molecule has 8 rings (SSSR count). The van der Waals surface area contributed by atoms with Gasteiger partial charge in [-0.05, 0) is 75.3 Å². The van der Waals surface area contributed by atoms with Crippen LogP contribution < -0.4 is 24.8 Å². The average molecular weight is 883 g/mol. The lowest BCUT2D eigenvalue weighted by Gasteiger charge is -2.36. The van der Waals surface area contributed by atoms with Gasteiger partial charge in [0.2, 0.25) is 34.1 Å². The summed E-state index contributed by atoms with van der Waals surface area (Å²) in [6.45, 7) is 8.30. The van der Waals surface area contributed by atoms with Crippen molar-refractivity contribution in [1.29, 1.82) is 0 Å². The summed E-state index contributed by atoms with van der Waals surface area (Å²) < 4.78 is 73.2. The summed E-state index contributed by atoms with van der Waals surface area (Å²) in [5.41, 5.74) is -1.19. The zero-order valence-electron chi connectivity index (χ0n) is 36.0. The summed E-state index contributed by atoms with van der Waals surface area (Å²) in [6, 6.07) is 2.74. The Hall–Kier alpha value is -4.79. The highest BCUT2D eigenvalue weighted by molar-refractivity contribution is 7.91. The number of alkyl carbamates (subject to hydrolysis) is 1. The summed E-state index contributed by atoms with van der Waals surface area (Å²) in [6.07, 6.45) is -0.932. The standard InChI is InChI=1S/C44H56F2N6O9S/c1-23-33-22-52(35(23)37(53)50-44(21-25(44)19-34(45)46)40(55)51-62(57,58)43(5)16-17-43)39(54)36(42(2,3)4)49-41(56)61-32-18-24-12-14-27(24)28(32)10-8-7-9-11-30-38(60-33)48-31-20-26(59-6)13-15-29(31)47-30/h13,15,20,23-25,27-28,32-36H,7-11,16-19,21-22H2,1-6H3,(H,49,56)(H,50,53)(H,51,55)/t23-,24+,25-,27+,28-,32-,33+,35+,36-,44-/m1/s1. The molecule has 4 fully saturated rings. The number of nitrogens with one attached hydrogen (secondary N) is 3. The van der Waals surface area contributed by atoms with Crippen LogP contribution >= 0.6 is 0 Å². The summed E-state index contributed by atoms with van der Waals surface area (Å²) in [5.74, 6) is 3.04. The SMILES string of the molecule is COc1ccc2nc3c(nc2c1)O[C@H]1CN(C(=O)[C@H](C(C)(C)C)NC(=O)O[C@@H]2C[C@@H]4C#C[C@@H]4[C@H]2CCCCC3)[C@H](C(=O)N[C@]2(C(=O)NS(=O)(=O)C3(C)CC3)C[C@H]2CC(F)F)[C@@H]1C. The van der Waals surface area contributed by atoms with E-state index in [1.165, 1.54) is 11.8 Å². The normalized spacial score (nSPS) is 32.8. The fourth-order valence-corrected chi connectivity index (χ4v) is 11.0. The zero-order valence-corrected chi connectivity index (χ0v) is 36.8. The maximum absolute atomic E-state index is 15.0. The minimum atomic E-state index is -4.20. The predicted octanol–water partition coefficient (Wildman–Crippen LogP) is 4.66. The molecule has 4 amide bonds. The van der Waals surface area contributed by atoms with Crippen molar-refractivity contribution in [3.05, 3.63) is 23.9 Å². The van der Waals surface area contributed by atoms with Gasteiger partial charge >= 0.3 is 6.09 Å². The third-order valence-electron chi connectivity index (χ3n) is 14.0. The van der Waals surface area contributed by atoms with Gasteiger partial charge in [0.15, 0.2) is 0 Å². The second kappa shape index (κ2) is 16.1. The fourth-order valence-electron chi connectivity index (χ4n) is 9.71. The Morgan fingerprint density at radius 1 is 1.08 bits per heavy atom. The lowest BCUT2D eigenvalue weighted by atomic mass is 9.81. The molecule has 2 aliphatic heterocycles. The summed E-state index contributed by atoms with van der Waals surface area (Å²) >= 11 is 0. The van der Waals surface area contributed by atoms with E-state index in [1.54, 1.807) is 46.9 Å². The molecule has 2 aromatic rings. The van der Waals surface area contributed by atoms with E-state index < -0.39 is 98.5 Å². The Morgan fingerprint density at radius 2 is 1.84 bits per heavy atom. The summed E-state index contributed by atoms with van der Waals surface area (Å²) in [5, 5.41) is 5.48. The number of hydrogen-bond donors (Lipinski definition) is 3. The lowest BCUT2D eigenvalue weighted by molar-refractivity contribution is -0.143. The van der Waals surface area contributed by atoms with Crippen LogP contribution in [0.25, 0.3) is 11.0 Å². The van der Waals surface area contributed by atoms with Crippen LogP contribution in [-0.4, -0.2) is 102 Å². The van der Waals surface area contributed by atoms with E-state index in [4.69, 9.17) is 24.2 Å². The molecule has 0 radical (unpaired) electrons. The molecule has 2 bridgehead atoms. The summed E-state index contributed by atoms with van der Waals surface area (Å²) in [7, 11) is -2.66. The molecule has 1 aromatic carbocycles. The van der Waals surface area contributed by atoms with Crippen LogP contribution in [0.1, 0.15) is 98.1 Å². The highest BCUT2D eigenvalue weighted by Crippen LogP contribution is 2.50. The minimum absolute atomic E-state index is 0.0280. The van der Waals surface area contributed by atoms with E-state index in [0.29, 0.717) is 48.2 Å². The number of nitrogens with zero attached hydrogens (tertiary/aromatic N) is 3. The molecule has 18 heteroatoms. The number of fused-ring (bicyclic) bond motifs is 7. The van der Waals surface area contributed by atoms with E-state index in [0.717, 1.165) is 25.7 Å². The first kappa shape index (κ1) is 43.8. The lowest BCUT2D eigenvalue weighted by Crippen LogP contribution is -2.61. The molecule has 15 nitrogen and oxygen atoms in total. The van der Waals surface area contributed by atoms with E-state index in [2.05, 4.69) is 27.2 Å². The van der Waals surface area contributed by atoms with E-state index in [9.17, 15) is 31.6 Å². The van der Waals surface area contributed by atoms with Gasteiger partial charge in [-0.25, -0.2) is 32.0 Å². The molecule has 62 heavy (non-hydrogen) atoms. The van der Waals surface area contributed by atoms with E-state index >= 15 is 4.79 Å². The number of amides is 4. The average Bonchev–Trinajstić information content (AvgIpc) is 4.06. The first-order valence-electron chi connectivity index (χ1n) is 21.7. The number of halogens is 2. The van der Waals surface area contributed by atoms with Crippen LogP contribution in [0.2, 0.25) is 0 Å². The third-order valence-corrected chi connectivity index (χ3v) is 16.2. The van der Waals surface area contributed by atoms with Crippen molar-refractivity contribution in [1.82, 2.24) is 30.2 Å². The Balaban J connectivity index is 1.16. The second-order valence-corrected chi connectivity index (χ2v) is 21.7. The number of aromatic nitrogens is 2. The molecule has 1 saturated heterocycles. The van der Waals surface area contributed by atoms with Gasteiger partial charge in [-0.3, -0.25) is 19.1 Å². The number of ether oxygens (including phenoxy) is 3. The van der Waals surface area contributed by atoms with Crippen LogP contribution in [0.5, 0.6) is 11.6 Å². The van der Waals surface area contributed by atoms with Crippen molar-refractivity contribution < 1.29 is 50.6 Å². The quantitative estimate of drug-likeness (QED) is 0.312.